The number of nitrogens with zero attached hydrogens (tertiary/aromatic N) is 1. The van der Waals surface area contributed by atoms with Gasteiger partial charge in [0, 0.05) is 25.3 Å². The van der Waals surface area contributed by atoms with Crippen LogP contribution in [-0.4, -0.2) is 22.2 Å². The maximum atomic E-state index is 3.52. The minimum Gasteiger partial charge on any atom is -0.378 e. The van der Waals surface area contributed by atoms with Crippen molar-refractivity contribution in [3.8, 4) is 11.5 Å². The highest BCUT2D eigenvalue weighted by molar-refractivity contribution is 6.96. The lowest BCUT2D eigenvalue weighted by Gasteiger charge is -2.15. The van der Waals surface area contributed by atoms with E-state index >= 15 is 0 Å². The smallest absolute Gasteiger partial charge is 0.163 e. The summed E-state index contributed by atoms with van der Waals surface area (Å²) >= 11 is 0. The van der Waals surface area contributed by atoms with E-state index < -0.39 is 8.07 Å². The van der Waals surface area contributed by atoms with Crippen LogP contribution in [0.1, 0.15) is 5.56 Å². The van der Waals surface area contributed by atoms with Crippen molar-refractivity contribution in [2.45, 2.75) is 13.1 Å². The molecule has 2 heteroatoms. The molecule has 0 aliphatic heterocycles. The fourth-order valence-electron chi connectivity index (χ4n) is 2.00. The van der Waals surface area contributed by atoms with Crippen LogP contribution >= 0.6 is 0 Å². The van der Waals surface area contributed by atoms with E-state index in [1.54, 1.807) is 0 Å². The summed E-state index contributed by atoms with van der Waals surface area (Å²) in [4.78, 5) is 2.10. The van der Waals surface area contributed by atoms with Crippen molar-refractivity contribution in [1.29, 1.82) is 0 Å². The summed E-state index contributed by atoms with van der Waals surface area (Å²) in [6.07, 6.45) is 0. The lowest BCUT2D eigenvalue weighted by molar-refractivity contribution is 1.13. The molecule has 0 atom stereocenters. The summed E-state index contributed by atoms with van der Waals surface area (Å²) in [5.41, 5.74) is 5.81. The van der Waals surface area contributed by atoms with E-state index in [4.69, 9.17) is 0 Å². The Morgan fingerprint density at radius 1 is 0.850 bits per heavy atom. The van der Waals surface area contributed by atoms with Gasteiger partial charge in [-0.1, -0.05) is 49.3 Å². The fraction of sp³-hybridized carbons (Fsp3) is 0.222. The highest BCUT2D eigenvalue weighted by atomic mass is 28.3. The lowest BCUT2D eigenvalue weighted by atomic mass is 10.2. The van der Waals surface area contributed by atoms with Gasteiger partial charge in [0.2, 0.25) is 0 Å². The Kier molecular flexibility index (Phi) is 4.31. The Morgan fingerprint density at radius 3 is 2.00 bits per heavy atom. The Balaban J connectivity index is 2.22. The van der Waals surface area contributed by atoms with E-state index in [9.17, 15) is 0 Å². The largest absolute Gasteiger partial charge is 0.378 e. The van der Waals surface area contributed by atoms with Gasteiger partial charge >= 0.3 is 0 Å². The fourth-order valence-corrected chi connectivity index (χ4v) is 3.63. The van der Waals surface area contributed by atoms with Gasteiger partial charge in [-0.3, -0.25) is 0 Å². The predicted octanol–water partition coefficient (Wildman–Crippen LogP) is 3.26. The molecule has 2 aromatic carbocycles. The lowest BCUT2D eigenvalue weighted by Crippen LogP contribution is -2.39. The average Bonchev–Trinajstić information content (AvgIpc) is 2.46. The standard InChI is InChI=1S/C18H21NSi/c1-19(2)17-12-10-16(11-13-17)14-15-20(3,4)18-8-6-5-7-9-18/h5-13H,1-4H3. The van der Waals surface area contributed by atoms with Gasteiger partial charge in [-0.2, -0.15) is 0 Å². The highest BCUT2D eigenvalue weighted by Gasteiger charge is 2.20. The summed E-state index contributed by atoms with van der Waals surface area (Å²) in [5, 5.41) is 1.39. The number of anilines is 1. The molecule has 2 rings (SSSR count). The van der Waals surface area contributed by atoms with E-state index in [0.29, 0.717) is 0 Å². The van der Waals surface area contributed by atoms with E-state index in [1.165, 1.54) is 10.9 Å². The molecule has 0 saturated carbocycles. The van der Waals surface area contributed by atoms with Gasteiger partial charge in [-0.25, -0.2) is 0 Å². The Bertz CT molecular complexity index is 616. The molecule has 0 amide bonds. The second-order valence-corrected chi connectivity index (χ2v) is 9.76. The molecule has 102 valence electrons. The molecule has 0 spiro atoms. The molecular formula is C18H21NSi. The van der Waals surface area contributed by atoms with Crippen LogP contribution in [0.5, 0.6) is 0 Å². The second-order valence-electron chi connectivity index (χ2n) is 5.68. The Hall–Kier alpha value is -1.98. The van der Waals surface area contributed by atoms with Crippen LogP contribution in [-0.2, 0) is 0 Å². The monoisotopic (exact) mass is 279 g/mol. The second kappa shape index (κ2) is 5.98. The molecule has 0 fully saturated rings. The summed E-state index contributed by atoms with van der Waals surface area (Å²) in [7, 11) is 2.43. The zero-order valence-electron chi connectivity index (χ0n) is 12.6. The highest BCUT2D eigenvalue weighted by Crippen LogP contribution is 2.11. The van der Waals surface area contributed by atoms with Crippen LogP contribution in [0.2, 0.25) is 13.1 Å². The Morgan fingerprint density at radius 2 is 1.45 bits per heavy atom. The van der Waals surface area contributed by atoms with Crippen molar-refractivity contribution in [2.24, 2.45) is 0 Å². The molecule has 0 radical (unpaired) electrons. The number of benzene rings is 2. The quantitative estimate of drug-likeness (QED) is 0.602. The van der Waals surface area contributed by atoms with Crippen molar-refractivity contribution in [2.75, 3.05) is 19.0 Å². The molecule has 0 bridgehead atoms. The third-order valence-corrected chi connectivity index (χ3v) is 5.93. The van der Waals surface area contributed by atoms with Crippen LogP contribution < -0.4 is 10.1 Å². The van der Waals surface area contributed by atoms with E-state index in [-0.39, 0.29) is 0 Å². The average molecular weight is 279 g/mol. The summed E-state index contributed by atoms with van der Waals surface area (Å²) in [6.45, 7) is 4.59. The molecule has 0 N–H and O–H groups in total. The third-order valence-electron chi connectivity index (χ3n) is 3.40. The SMILES string of the molecule is CN(C)c1ccc(C#C[Si](C)(C)c2ccccc2)cc1. The maximum Gasteiger partial charge on any atom is 0.163 e. The summed E-state index contributed by atoms with van der Waals surface area (Å²) < 4.78 is 0. The van der Waals surface area contributed by atoms with Crippen LogP contribution in [0, 0.1) is 11.5 Å². The number of hydrogen-bond acceptors (Lipinski definition) is 1. The van der Waals surface area contributed by atoms with Gasteiger partial charge in [0.05, 0.1) is 0 Å². The van der Waals surface area contributed by atoms with Crippen molar-refractivity contribution >= 4 is 18.9 Å². The Labute approximate surface area is 123 Å². The molecule has 0 aromatic heterocycles. The molecule has 0 aliphatic carbocycles. The molecule has 2 aromatic rings. The third kappa shape index (κ3) is 3.52. The van der Waals surface area contributed by atoms with Crippen LogP contribution in [0.4, 0.5) is 5.69 Å². The molecule has 0 saturated heterocycles. The van der Waals surface area contributed by atoms with Gasteiger partial charge in [-0.15, -0.1) is 5.54 Å². The van der Waals surface area contributed by atoms with E-state index in [2.05, 4.69) is 84.1 Å². The molecule has 0 heterocycles. The first-order chi connectivity index (χ1) is 9.49. The van der Waals surface area contributed by atoms with Crippen LogP contribution in [0.25, 0.3) is 0 Å². The van der Waals surface area contributed by atoms with Crippen molar-refractivity contribution < 1.29 is 0 Å². The van der Waals surface area contributed by atoms with Crippen molar-refractivity contribution in [3.63, 3.8) is 0 Å². The topological polar surface area (TPSA) is 3.24 Å². The number of hydrogen-bond donors (Lipinski definition) is 0. The van der Waals surface area contributed by atoms with Gasteiger partial charge in [-0.05, 0) is 29.5 Å². The molecule has 0 aliphatic rings. The predicted molar refractivity (Wildman–Crippen MR) is 91.2 cm³/mol. The molecule has 20 heavy (non-hydrogen) atoms. The molecular weight excluding hydrogens is 258 g/mol. The summed E-state index contributed by atoms with van der Waals surface area (Å²) in [5.74, 6) is 3.34. The first-order valence-electron chi connectivity index (χ1n) is 6.85. The van der Waals surface area contributed by atoms with Crippen LogP contribution in [0.15, 0.2) is 54.6 Å². The van der Waals surface area contributed by atoms with Crippen molar-refractivity contribution in [1.82, 2.24) is 0 Å². The maximum absolute atomic E-state index is 3.52. The van der Waals surface area contributed by atoms with Gasteiger partial charge < -0.3 is 4.90 Å². The minimum atomic E-state index is -1.67. The zero-order valence-corrected chi connectivity index (χ0v) is 13.6. The zero-order chi connectivity index (χ0) is 14.6. The van der Waals surface area contributed by atoms with E-state index in [0.717, 1.165) is 5.56 Å². The first-order valence-corrected chi connectivity index (χ1v) is 9.85. The summed E-state index contributed by atoms with van der Waals surface area (Å²) in [6, 6.07) is 19.0. The van der Waals surface area contributed by atoms with Crippen molar-refractivity contribution in [3.05, 3.63) is 60.2 Å². The number of rotatable bonds is 2. The van der Waals surface area contributed by atoms with Gasteiger partial charge in [0.1, 0.15) is 0 Å². The molecule has 0 unspecified atom stereocenters. The van der Waals surface area contributed by atoms with Gasteiger partial charge in [0.25, 0.3) is 0 Å². The van der Waals surface area contributed by atoms with Crippen LogP contribution in [0.3, 0.4) is 0 Å². The minimum absolute atomic E-state index is 1.09. The van der Waals surface area contributed by atoms with E-state index in [1.807, 2.05) is 14.1 Å². The molecule has 1 nitrogen and oxygen atoms in total. The first kappa shape index (κ1) is 14.4. The van der Waals surface area contributed by atoms with Gasteiger partial charge in [0.15, 0.2) is 8.07 Å². The normalized spacial score (nSPS) is 10.6.